The van der Waals surface area contributed by atoms with Gasteiger partial charge in [-0.15, -0.1) is 0 Å². The van der Waals surface area contributed by atoms with Gasteiger partial charge in [0.1, 0.15) is 24.1 Å². The van der Waals surface area contributed by atoms with Gasteiger partial charge in [-0.05, 0) is 35.7 Å². The van der Waals surface area contributed by atoms with Crippen LogP contribution in [0.5, 0.6) is 5.75 Å². The van der Waals surface area contributed by atoms with E-state index in [4.69, 9.17) is 4.74 Å². The molecule has 132 valence electrons. The van der Waals surface area contributed by atoms with Crippen molar-refractivity contribution in [1.29, 1.82) is 0 Å². The molecule has 3 aromatic rings. The van der Waals surface area contributed by atoms with Crippen LogP contribution in [-0.2, 0) is 0 Å². The average molecular weight is 352 g/mol. The highest BCUT2D eigenvalue weighted by molar-refractivity contribution is 5.92. The zero-order valence-electron chi connectivity index (χ0n) is 14.2. The third-order valence-electron chi connectivity index (χ3n) is 3.83. The first-order valence-corrected chi connectivity index (χ1v) is 7.91. The van der Waals surface area contributed by atoms with Crippen LogP contribution in [0.4, 0.5) is 5.69 Å². The Hall–Kier alpha value is -3.55. The number of esters is 1. The third-order valence-corrected chi connectivity index (χ3v) is 3.83. The number of nitrogens with zero attached hydrogens (tertiary/aromatic N) is 4. The summed E-state index contributed by atoms with van der Waals surface area (Å²) in [6.07, 6.45) is 2.61. The number of nitro benzene ring substituents is 1. The zero-order valence-corrected chi connectivity index (χ0v) is 14.2. The van der Waals surface area contributed by atoms with Crippen LogP contribution < -0.4 is 4.74 Å². The van der Waals surface area contributed by atoms with Gasteiger partial charge in [0.15, 0.2) is 0 Å². The Morgan fingerprint density at radius 3 is 2.50 bits per heavy atom. The van der Waals surface area contributed by atoms with Crippen molar-refractivity contribution < 1.29 is 14.5 Å². The van der Waals surface area contributed by atoms with Crippen molar-refractivity contribution in [3.63, 3.8) is 0 Å². The van der Waals surface area contributed by atoms with Crippen LogP contribution in [0.25, 0.3) is 5.69 Å². The zero-order chi connectivity index (χ0) is 18.7. The van der Waals surface area contributed by atoms with E-state index < -0.39 is 10.9 Å². The Morgan fingerprint density at radius 1 is 1.19 bits per heavy atom. The Bertz CT molecular complexity index is 934. The van der Waals surface area contributed by atoms with Crippen LogP contribution in [0.15, 0.2) is 55.1 Å². The molecule has 26 heavy (non-hydrogen) atoms. The topological polar surface area (TPSA) is 100 Å². The molecule has 8 nitrogen and oxygen atoms in total. The lowest BCUT2D eigenvalue weighted by Gasteiger charge is -2.08. The molecule has 0 bridgehead atoms. The molecule has 0 saturated heterocycles. The second-order valence-corrected chi connectivity index (χ2v) is 5.91. The lowest BCUT2D eigenvalue weighted by atomic mass is 10.0. The van der Waals surface area contributed by atoms with Gasteiger partial charge in [-0.3, -0.25) is 10.1 Å². The number of carbonyl (C=O) groups is 1. The molecule has 0 radical (unpaired) electrons. The van der Waals surface area contributed by atoms with Gasteiger partial charge in [-0.25, -0.2) is 14.5 Å². The summed E-state index contributed by atoms with van der Waals surface area (Å²) in [6, 6.07) is 11.2. The van der Waals surface area contributed by atoms with Gasteiger partial charge in [0.2, 0.25) is 0 Å². The average Bonchev–Trinajstić information content (AvgIpc) is 3.16. The molecule has 1 aromatic heterocycles. The van der Waals surface area contributed by atoms with E-state index in [1.54, 1.807) is 12.1 Å². The second-order valence-electron chi connectivity index (χ2n) is 5.91. The summed E-state index contributed by atoms with van der Waals surface area (Å²) >= 11 is 0. The van der Waals surface area contributed by atoms with E-state index in [2.05, 4.69) is 23.9 Å². The van der Waals surface area contributed by atoms with Crippen molar-refractivity contribution in [2.24, 2.45) is 0 Å². The van der Waals surface area contributed by atoms with E-state index in [1.165, 1.54) is 35.5 Å². The first-order chi connectivity index (χ1) is 12.5. The number of rotatable bonds is 5. The maximum absolute atomic E-state index is 12.3. The monoisotopic (exact) mass is 352 g/mol. The number of nitro groups is 1. The maximum atomic E-state index is 12.3. The molecule has 0 saturated carbocycles. The molecule has 2 aromatic carbocycles. The standard InChI is InChI=1S/C18H16N4O4/c1-12(2)13-3-6-15(7-4-13)26-18(23)14-5-8-16(17(9-14)22(24)25)21-11-19-10-20-21/h3-12H,1-2H3. The van der Waals surface area contributed by atoms with Gasteiger partial charge >= 0.3 is 5.97 Å². The van der Waals surface area contributed by atoms with Crippen LogP contribution in [0.1, 0.15) is 35.7 Å². The number of ether oxygens (including phenoxy) is 1. The molecule has 0 amide bonds. The molecule has 0 aliphatic rings. The Labute approximate surface area is 149 Å². The van der Waals surface area contributed by atoms with E-state index >= 15 is 0 Å². The lowest BCUT2D eigenvalue weighted by Crippen LogP contribution is -2.10. The summed E-state index contributed by atoms with van der Waals surface area (Å²) < 4.78 is 6.57. The van der Waals surface area contributed by atoms with Crippen LogP contribution in [0.2, 0.25) is 0 Å². The summed E-state index contributed by atoms with van der Waals surface area (Å²) in [5.74, 6) is 0.0738. The Kier molecular flexibility index (Phi) is 4.74. The molecule has 0 unspecified atom stereocenters. The molecule has 8 heteroatoms. The number of carbonyl (C=O) groups excluding carboxylic acids is 1. The first kappa shape index (κ1) is 17.3. The van der Waals surface area contributed by atoms with Gasteiger partial charge in [0.25, 0.3) is 5.69 Å². The summed E-state index contributed by atoms with van der Waals surface area (Å²) in [6.45, 7) is 4.13. The van der Waals surface area contributed by atoms with E-state index in [0.29, 0.717) is 11.7 Å². The molecule has 0 aliphatic carbocycles. The fourth-order valence-electron chi connectivity index (χ4n) is 2.41. The number of hydrogen-bond donors (Lipinski definition) is 0. The minimum absolute atomic E-state index is 0.0773. The molecule has 3 rings (SSSR count). The van der Waals surface area contributed by atoms with Crippen molar-refractivity contribution in [2.45, 2.75) is 19.8 Å². The van der Waals surface area contributed by atoms with Crippen LogP contribution in [0.3, 0.4) is 0 Å². The summed E-state index contributed by atoms with van der Waals surface area (Å²) in [7, 11) is 0. The van der Waals surface area contributed by atoms with E-state index in [0.717, 1.165) is 5.56 Å². The van der Waals surface area contributed by atoms with Crippen molar-refractivity contribution in [1.82, 2.24) is 14.8 Å². The van der Waals surface area contributed by atoms with Gasteiger partial charge < -0.3 is 4.74 Å². The van der Waals surface area contributed by atoms with E-state index in [-0.39, 0.29) is 16.9 Å². The van der Waals surface area contributed by atoms with E-state index in [9.17, 15) is 14.9 Å². The number of hydrogen-bond acceptors (Lipinski definition) is 6. The molecule has 0 N–H and O–H groups in total. The third kappa shape index (κ3) is 3.59. The van der Waals surface area contributed by atoms with Crippen molar-refractivity contribution in [3.8, 4) is 11.4 Å². The van der Waals surface area contributed by atoms with Crippen LogP contribution in [-0.4, -0.2) is 25.7 Å². The molecule has 0 aliphatic heterocycles. The highest BCUT2D eigenvalue weighted by atomic mass is 16.6. The van der Waals surface area contributed by atoms with Gasteiger partial charge in [0, 0.05) is 6.07 Å². The van der Waals surface area contributed by atoms with Crippen molar-refractivity contribution in [3.05, 3.63) is 76.4 Å². The minimum Gasteiger partial charge on any atom is -0.423 e. The SMILES string of the molecule is CC(C)c1ccc(OC(=O)c2ccc(-n3cncn3)c([N+](=O)[O-])c2)cc1. The fourth-order valence-corrected chi connectivity index (χ4v) is 2.41. The number of benzene rings is 2. The van der Waals surface area contributed by atoms with Gasteiger partial charge in [-0.2, -0.15) is 5.10 Å². The molecule has 0 atom stereocenters. The predicted molar refractivity (Wildman–Crippen MR) is 93.5 cm³/mol. The van der Waals surface area contributed by atoms with E-state index in [1.807, 2.05) is 12.1 Å². The van der Waals surface area contributed by atoms with Gasteiger partial charge in [-0.1, -0.05) is 26.0 Å². The molecular weight excluding hydrogens is 336 g/mol. The van der Waals surface area contributed by atoms with Crippen molar-refractivity contribution in [2.75, 3.05) is 0 Å². The summed E-state index contributed by atoms with van der Waals surface area (Å²) in [4.78, 5) is 26.9. The lowest BCUT2D eigenvalue weighted by molar-refractivity contribution is -0.384. The molecule has 0 fully saturated rings. The quantitative estimate of drug-likeness (QED) is 0.301. The first-order valence-electron chi connectivity index (χ1n) is 7.91. The molecular formula is C18H16N4O4. The summed E-state index contributed by atoms with van der Waals surface area (Å²) in [5, 5.41) is 15.2. The van der Waals surface area contributed by atoms with Crippen molar-refractivity contribution >= 4 is 11.7 Å². The highest BCUT2D eigenvalue weighted by Crippen LogP contribution is 2.25. The Balaban J connectivity index is 1.85. The highest BCUT2D eigenvalue weighted by Gasteiger charge is 2.20. The second kappa shape index (κ2) is 7.14. The minimum atomic E-state index is -0.671. The van der Waals surface area contributed by atoms with Crippen LogP contribution >= 0.6 is 0 Å². The molecule has 0 spiro atoms. The largest absolute Gasteiger partial charge is 0.423 e. The van der Waals surface area contributed by atoms with Crippen LogP contribution in [0, 0.1) is 10.1 Å². The summed E-state index contributed by atoms with van der Waals surface area (Å²) in [5.41, 5.74) is 1.15. The smallest absolute Gasteiger partial charge is 0.343 e. The predicted octanol–water partition coefficient (Wildman–Crippen LogP) is 3.52. The normalized spacial score (nSPS) is 10.7. The number of aromatic nitrogens is 3. The Morgan fingerprint density at radius 2 is 1.92 bits per heavy atom. The maximum Gasteiger partial charge on any atom is 0.343 e. The van der Waals surface area contributed by atoms with Gasteiger partial charge in [0.05, 0.1) is 10.5 Å². The fraction of sp³-hybridized carbons (Fsp3) is 0.167. The molecule has 1 heterocycles.